The summed E-state index contributed by atoms with van der Waals surface area (Å²) < 4.78 is 30.2. The standard InChI is InChI=1S/C15H28N2O4P2/c1-6-18-22(19-7-2)17(5)23(20-8-3,21-9-4)16-15-13-11-10-12-14-15/h10-14H,6-9H2,1-5H3. The van der Waals surface area contributed by atoms with Crippen molar-refractivity contribution < 1.29 is 18.1 Å². The van der Waals surface area contributed by atoms with Gasteiger partial charge >= 0.3 is 7.66 Å². The molecule has 0 aliphatic heterocycles. The molecule has 0 amide bonds. The van der Waals surface area contributed by atoms with Crippen molar-refractivity contribution in [1.82, 2.24) is 4.44 Å². The first kappa shape index (κ1) is 20.7. The molecule has 8 heteroatoms. The Morgan fingerprint density at radius 3 is 1.87 bits per heavy atom. The van der Waals surface area contributed by atoms with Gasteiger partial charge in [-0.15, -0.1) is 0 Å². The summed E-state index contributed by atoms with van der Waals surface area (Å²) in [6.07, 6.45) is 0. The van der Waals surface area contributed by atoms with Crippen LogP contribution in [0.25, 0.3) is 0 Å². The van der Waals surface area contributed by atoms with Gasteiger partial charge in [0, 0.05) is 7.05 Å². The van der Waals surface area contributed by atoms with Gasteiger partial charge in [0.05, 0.1) is 32.1 Å². The van der Waals surface area contributed by atoms with E-state index in [0.29, 0.717) is 26.4 Å². The van der Waals surface area contributed by atoms with Crippen LogP contribution >= 0.6 is 16.2 Å². The molecule has 0 bridgehead atoms. The van der Waals surface area contributed by atoms with Crippen LogP contribution in [-0.4, -0.2) is 37.9 Å². The van der Waals surface area contributed by atoms with Crippen molar-refractivity contribution in [2.45, 2.75) is 27.7 Å². The van der Waals surface area contributed by atoms with Crippen LogP contribution in [0, 0.1) is 0 Å². The van der Waals surface area contributed by atoms with Crippen molar-refractivity contribution in [3.05, 3.63) is 30.3 Å². The Labute approximate surface area is 141 Å². The number of hydrogen-bond donors (Lipinski definition) is 0. The Hall–Kier alpha value is -0.320. The molecule has 132 valence electrons. The Bertz CT molecular complexity index is 472. The molecule has 23 heavy (non-hydrogen) atoms. The van der Waals surface area contributed by atoms with Gasteiger partial charge in [-0.1, -0.05) is 18.2 Å². The molecule has 0 radical (unpaired) electrons. The first-order valence-corrected chi connectivity index (χ1v) is 10.6. The summed E-state index contributed by atoms with van der Waals surface area (Å²) in [5, 5.41) is 0. The summed E-state index contributed by atoms with van der Waals surface area (Å²) in [4.78, 5) is 0. The van der Waals surface area contributed by atoms with E-state index in [2.05, 4.69) is 0 Å². The fourth-order valence-corrected chi connectivity index (χ4v) is 5.90. The average molecular weight is 362 g/mol. The molecular formula is C15H28N2O4P2. The summed E-state index contributed by atoms with van der Waals surface area (Å²) in [6, 6.07) is 9.71. The molecule has 0 heterocycles. The maximum absolute atomic E-state index is 6.01. The van der Waals surface area contributed by atoms with Crippen molar-refractivity contribution in [3.8, 4) is 0 Å². The molecule has 0 atom stereocenters. The minimum atomic E-state index is -2.69. The van der Waals surface area contributed by atoms with Gasteiger partial charge in [0.1, 0.15) is 0 Å². The molecule has 0 saturated heterocycles. The zero-order valence-corrected chi connectivity index (χ0v) is 16.4. The highest BCUT2D eigenvalue weighted by Gasteiger charge is 2.35. The molecule has 1 rings (SSSR count). The fourth-order valence-electron chi connectivity index (χ4n) is 1.82. The monoisotopic (exact) mass is 362 g/mol. The van der Waals surface area contributed by atoms with E-state index in [9.17, 15) is 0 Å². The van der Waals surface area contributed by atoms with Crippen LogP contribution in [0.5, 0.6) is 0 Å². The zero-order chi connectivity index (χ0) is 17.1. The molecule has 1 aromatic carbocycles. The minimum absolute atomic E-state index is 0.496. The van der Waals surface area contributed by atoms with Crippen LogP contribution in [0.2, 0.25) is 0 Å². The molecule has 1 aromatic rings. The van der Waals surface area contributed by atoms with Gasteiger partial charge in [0.2, 0.25) is 0 Å². The predicted molar refractivity (Wildman–Crippen MR) is 96.6 cm³/mol. The second-order valence-corrected chi connectivity index (χ2v) is 8.53. The number of nitrogens with zero attached hydrogens (tertiary/aromatic N) is 2. The van der Waals surface area contributed by atoms with E-state index in [1.54, 1.807) is 0 Å². The summed E-state index contributed by atoms with van der Waals surface area (Å²) in [7, 11) is -2.09. The van der Waals surface area contributed by atoms with Crippen molar-refractivity contribution >= 4 is 21.9 Å². The SMILES string of the molecule is CCOP(OCC)N(C)P(=Nc1ccccc1)(OCC)OCC. The second kappa shape index (κ2) is 11.3. The number of hydrogen-bond acceptors (Lipinski definition) is 5. The fraction of sp³-hybridized carbons (Fsp3) is 0.600. The van der Waals surface area contributed by atoms with E-state index >= 15 is 0 Å². The maximum Gasteiger partial charge on any atom is 0.302 e. The minimum Gasteiger partial charge on any atom is -0.322 e. The number of rotatable bonds is 11. The van der Waals surface area contributed by atoms with Crippen LogP contribution in [0.3, 0.4) is 0 Å². The van der Waals surface area contributed by atoms with E-state index in [1.807, 2.05) is 69.5 Å². The Kier molecular flexibility index (Phi) is 10.2. The smallest absolute Gasteiger partial charge is 0.302 e. The molecule has 0 aliphatic carbocycles. The van der Waals surface area contributed by atoms with Crippen LogP contribution < -0.4 is 0 Å². The Morgan fingerprint density at radius 2 is 1.43 bits per heavy atom. The third-order valence-electron chi connectivity index (χ3n) is 2.67. The Morgan fingerprint density at radius 1 is 0.913 bits per heavy atom. The molecular weight excluding hydrogens is 334 g/mol. The van der Waals surface area contributed by atoms with Crippen LogP contribution in [0.4, 0.5) is 5.69 Å². The van der Waals surface area contributed by atoms with E-state index in [1.165, 1.54) is 0 Å². The van der Waals surface area contributed by atoms with Crippen LogP contribution in [-0.2, 0) is 18.1 Å². The molecule has 0 saturated carbocycles. The van der Waals surface area contributed by atoms with Crippen molar-refractivity contribution in [2.75, 3.05) is 33.5 Å². The maximum atomic E-state index is 6.01. The second-order valence-electron chi connectivity index (χ2n) is 4.32. The molecule has 0 unspecified atom stereocenters. The van der Waals surface area contributed by atoms with E-state index < -0.39 is 16.2 Å². The van der Waals surface area contributed by atoms with Crippen LogP contribution in [0.1, 0.15) is 27.7 Å². The third-order valence-corrected chi connectivity index (χ3v) is 7.63. The van der Waals surface area contributed by atoms with E-state index in [-0.39, 0.29) is 0 Å². The zero-order valence-electron chi connectivity index (χ0n) is 14.6. The molecule has 0 aliphatic rings. The quantitative estimate of drug-likeness (QED) is 0.482. The first-order valence-electron chi connectivity index (χ1n) is 7.89. The van der Waals surface area contributed by atoms with Gasteiger partial charge in [-0.25, -0.2) is 4.74 Å². The summed E-state index contributed by atoms with van der Waals surface area (Å²) in [6.45, 7) is 9.86. The van der Waals surface area contributed by atoms with Gasteiger partial charge in [0.15, 0.2) is 0 Å². The molecule has 0 fully saturated rings. The summed E-state index contributed by atoms with van der Waals surface area (Å²) in [5.74, 6) is 0. The molecule has 0 aromatic heterocycles. The van der Waals surface area contributed by atoms with Gasteiger partial charge in [0.25, 0.3) is 8.53 Å². The molecule has 0 N–H and O–H groups in total. The lowest BCUT2D eigenvalue weighted by atomic mass is 10.3. The van der Waals surface area contributed by atoms with Crippen molar-refractivity contribution in [1.29, 1.82) is 0 Å². The predicted octanol–water partition coefficient (Wildman–Crippen LogP) is 5.57. The van der Waals surface area contributed by atoms with Gasteiger partial charge in [-0.3, -0.25) is 0 Å². The topological polar surface area (TPSA) is 52.5 Å². The van der Waals surface area contributed by atoms with E-state index in [0.717, 1.165) is 5.69 Å². The summed E-state index contributed by atoms with van der Waals surface area (Å²) >= 11 is 0. The first-order chi connectivity index (χ1) is 11.1. The lowest BCUT2D eigenvalue weighted by Gasteiger charge is -2.34. The van der Waals surface area contributed by atoms with Crippen molar-refractivity contribution in [3.63, 3.8) is 0 Å². The lowest BCUT2D eigenvalue weighted by molar-refractivity contribution is 0.209. The highest BCUT2D eigenvalue weighted by atomic mass is 31.2. The molecule has 0 spiro atoms. The molecule has 6 nitrogen and oxygen atoms in total. The number of benzene rings is 1. The highest BCUT2D eigenvalue weighted by molar-refractivity contribution is 7.65. The largest absolute Gasteiger partial charge is 0.322 e. The Balaban J connectivity index is 3.27. The third kappa shape index (κ3) is 6.24. The summed E-state index contributed by atoms with van der Waals surface area (Å²) in [5.41, 5.74) is 0.817. The van der Waals surface area contributed by atoms with Crippen LogP contribution in [0.15, 0.2) is 35.1 Å². The average Bonchev–Trinajstić information content (AvgIpc) is 2.55. The van der Waals surface area contributed by atoms with E-state index in [4.69, 9.17) is 22.8 Å². The van der Waals surface area contributed by atoms with Gasteiger partial charge in [-0.2, -0.15) is 4.44 Å². The highest BCUT2D eigenvalue weighted by Crippen LogP contribution is 2.66. The van der Waals surface area contributed by atoms with Crippen molar-refractivity contribution in [2.24, 2.45) is 4.74 Å². The van der Waals surface area contributed by atoms with Gasteiger partial charge < -0.3 is 18.1 Å². The normalized spacial score (nSPS) is 12.1. The lowest BCUT2D eigenvalue weighted by Crippen LogP contribution is -2.17. The van der Waals surface area contributed by atoms with Gasteiger partial charge in [-0.05, 0) is 39.8 Å².